The molecule has 0 aliphatic rings. The molecule has 0 saturated heterocycles. The fourth-order valence-electron chi connectivity index (χ4n) is 0. The first-order valence-corrected chi connectivity index (χ1v) is 1.93. The molecule has 0 aliphatic heterocycles. The van der Waals surface area contributed by atoms with E-state index in [-0.39, 0.29) is 13.5 Å². The Bertz CT molecular complexity index is 6.00. The van der Waals surface area contributed by atoms with Crippen molar-refractivity contribution < 1.29 is 0 Å². The largest absolute Gasteiger partial charge is 0.197 e. The first-order valence-electron chi connectivity index (χ1n) is 1.12. The molecule has 0 fully saturated rings. The molecule has 0 bridgehead atoms. The van der Waals surface area contributed by atoms with E-state index in [0.29, 0.717) is 0 Å². The normalized spacial score (nSPS) is 4.50. The van der Waals surface area contributed by atoms with Gasteiger partial charge in [0, 0.05) is 0 Å². The van der Waals surface area contributed by atoms with Crippen molar-refractivity contribution >= 4 is 22.7 Å². The maximum absolute atomic E-state index is 2.58. The Labute approximate surface area is 36.6 Å². The monoisotopic (exact) mass is 96.0 g/mol. The first kappa shape index (κ1) is 8.84. The molecule has 2 heteroatoms. The Kier molecular flexibility index (Phi) is 20.4. The summed E-state index contributed by atoms with van der Waals surface area (Å²) in [6.07, 6.45) is 1.17. The zero-order valence-corrected chi connectivity index (χ0v) is 4.94. The van der Waals surface area contributed by atoms with Crippen LogP contribution in [0.25, 0.3) is 0 Å². The second-order valence-corrected chi connectivity index (χ2v) is 1.22. The molecule has 0 N–H and O–H groups in total. The van der Waals surface area contributed by atoms with Crippen LogP contribution in [-0.4, -0.2) is 6.16 Å². The van der Waals surface area contributed by atoms with Gasteiger partial charge in [-0.1, -0.05) is 6.92 Å². The average molecular weight is 96.1 g/mol. The molecule has 0 aromatic carbocycles. The average Bonchev–Trinajstić information content (AvgIpc) is 0.918. The first-order chi connectivity index (χ1) is 1.41. The van der Waals surface area contributed by atoms with E-state index in [9.17, 15) is 0 Å². The third kappa shape index (κ3) is 14.5. The van der Waals surface area contributed by atoms with Gasteiger partial charge < -0.3 is 0 Å². The summed E-state index contributed by atoms with van der Waals surface area (Å²) in [7, 11) is 2.58. The van der Waals surface area contributed by atoms with Crippen LogP contribution >= 0.6 is 22.7 Å². The van der Waals surface area contributed by atoms with Gasteiger partial charge in [-0.15, -0.1) is 9.24 Å². The van der Waals surface area contributed by atoms with Crippen LogP contribution in [0.4, 0.5) is 0 Å². The molecule has 0 saturated carbocycles. The number of hydrogen-bond acceptors (Lipinski definition) is 0. The van der Waals surface area contributed by atoms with Crippen molar-refractivity contribution in [3.05, 3.63) is 0 Å². The molecule has 28 valence electrons. The number of rotatable bonds is 0. The molecule has 0 amide bonds. The summed E-state index contributed by atoms with van der Waals surface area (Å²) in [6.45, 7) is 2.09. The molecule has 0 aromatic heterocycles. The third-order valence-corrected chi connectivity index (χ3v) is 0. The Hall–Kier alpha value is 0.780. The van der Waals surface area contributed by atoms with Gasteiger partial charge in [-0.2, -0.15) is 13.5 Å². The Morgan fingerprint density at radius 3 is 1.75 bits per heavy atom. The molecule has 1 atom stereocenters. The summed E-state index contributed by atoms with van der Waals surface area (Å²) < 4.78 is 0. The van der Waals surface area contributed by atoms with E-state index in [2.05, 4.69) is 16.2 Å². The molecule has 0 spiro atoms. The van der Waals surface area contributed by atoms with Crippen molar-refractivity contribution in [3.63, 3.8) is 0 Å². The van der Waals surface area contributed by atoms with E-state index >= 15 is 0 Å². The Morgan fingerprint density at radius 1 is 1.75 bits per heavy atom. The lowest BCUT2D eigenvalue weighted by molar-refractivity contribution is 1.53. The molecule has 0 radical (unpaired) electrons. The second kappa shape index (κ2) is 9.22. The van der Waals surface area contributed by atoms with Gasteiger partial charge in [0.2, 0.25) is 0 Å². The molecule has 0 heterocycles. The van der Waals surface area contributed by atoms with Crippen LogP contribution in [-0.2, 0) is 0 Å². The van der Waals surface area contributed by atoms with Gasteiger partial charge in [-0.05, 0) is 6.16 Å². The van der Waals surface area contributed by atoms with E-state index in [1.807, 2.05) is 0 Å². The molecular formula is C2H9PS. The fraction of sp³-hybridized carbons (Fsp3) is 1.00. The predicted molar refractivity (Wildman–Crippen MR) is 30.6 cm³/mol. The van der Waals surface area contributed by atoms with E-state index in [0.717, 1.165) is 0 Å². The van der Waals surface area contributed by atoms with Gasteiger partial charge >= 0.3 is 0 Å². The van der Waals surface area contributed by atoms with Gasteiger partial charge in [0.1, 0.15) is 0 Å². The van der Waals surface area contributed by atoms with Crippen LogP contribution in [0.3, 0.4) is 0 Å². The Morgan fingerprint density at radius 2 is 1.75 bits per heavy atom. The third-order valence-electron chi connectivity index (χ3n) is 0. The summed E-state index contributed by atoms with van der Waals surface area (Å²) >= 11 is 0. The van der Waals surface area contributed by atoms with Crippen molar-refractivity contribution in [1.82, 2.24) is 0 Å². The van der Waals surface area contributed by atoms with Crippen LogP contribution in [0.2, 0.25) is 0 Å². The topological polar surface area (TPSA) is 0 Å². The van der Waals surface area contributed by atoms with Crippen molar-refractivity contribution in [1.29, 1.82) is 0 Å². The predicted octanol–water partition coefficient (Wildman–Crippen LogP) is 0.994. The molecule has 0 rings (SSSR count). The van der Waals surface area contributed by atoms with E-state index in [4.69, 9.17) is 0 Å². The van der Waals surface area contributed by atoms with Crippen molar-refractivity contribution in [2.75, 3.05) is 6.16 Å². The smallest absolute Gasteiger partial charge is 0.0410 e. The maximum Gasteiger partial charge on any atom is -0.0410 e. The molecule has 0 aromatic rings. The summed E-state index contributed by atoms with van der Waals surface area (Å²) in [5, 5.41) is 0. The summed E-state index contributed by atoms with van der Waals surface area (Å²) in [5.41, 5.74) is 0. The fourth-order valence-corrected chi connectivity index (χ4v) is 0. The lowest BCUT2D eigenvalue weighted by Crippen LogP contribution is -1.33. The lowest BCUT2D eigenvalue weighted by atomic mass is 11.0. The minimum absolute atomic E-state index is 0. The van der Waals surface area contributed by atoms with Crippen molar-refractivity contribution in [2.24, 2.45) is 0 Å². The van der Waals surface area contributed by atoms with E-state index in [1.165, 1.54) is 6.16 Å². The van der Waals surface area contributed by atoms with Crippen molar-refractivity contribution in [2.45, 2.75) is 6.92 Å². The highest BCUT2D eigenvalue weighted by Gasteiger charge is 1.35. The van der Waals surface area contributed by atoms with Crippen LogP contribution in [0.5, 0.6) is 0 Å². The van der Waals surface area contributed by atoms with Gasteiger partial charge in [0.15, 0.2) is 0 Å². The quantitative estimate of drug-likeness (QED) is 0.394. The summed E-state index contributed by atoms with van der Waals surface area (Å²) in [5.74, 6) is 0. The highest BCUT2D eigenvalue weighted by molar-refractivity contribution is 7.59. The SMILES string of the molecule is CCP.S. The molecule has 1 unspecified atom stereocenters. The van der Waals surface area contributed by atoms with Crippen molar-refractivity contribution in [3.8, 4) is 0 Å². The van der Waals surface area contributed by atoms with Crippen LogP contribution in [0, 0.1) is 0 Å². The van der Waals surface area contributed by atoms with Gasteiger partial charge in [-0.25, -0.2) is 0 Å². The summed E-state index contributed by atoms with van der Waals surface area (Å²) in [6, 6.07) is 0. The highest BCUT2D eigenvalue weighted by atomic mass is 32.1. The Balaban J connectivity index is 0. The van der Waals surface area contributed by atoms with E-state index < -0.39 is 0 Å². The second-order valence-electron chi connectivity index (χ2n) is 0.408. The van der Waals surface area contributed by atoms with Gasteiger partial charge in [0.05, 0.1) is 0 Å². The van der Waals surface area contributed by atoms with Crippen LogP contribution < -0.4 is 0 Å². The standard InChI is InChI=1S/C2H7P.H2S/c1-2-3;/h2-3H2,1H3;1H2. The zero-order valence-electron chi connectivity index (χ0n) is 2.78. The molecule has 0 nitrogen and oxygen atoms in total. The van der Waals surface area contributed by atoms with Crippen LogP contribution in [0.1, 0.15) is 6.92 Å². The lowest BCUT2D eigenvalue weighted by Gasteiger charge is -1.48. The molecular weight excluding hydrogens is 87.1 g/mol. The van der Waals surface area contributed by atoms with Crippen LogP contribution in [0.15, 0.2) is 0 Å². The minimum Gasteiger partial charge on any atom is -0.197 e. The zero-order chi connectivity index (χ0) is 2.71. The van der Waals surface area contributed by atoms with E-state index in [1.54, 1.807) is 0 Å². The molecule has 4 heavy (non-hydrogen) atoms. The summed E-state index contributed by atoms with van der Waals surface area (Å²) in [4.78, 5) is 0. The maximum atomic E-state index is 2.58. The molecule has 0 aliphatic carbocycles. The highest BCUT2D eigenvalue weighted by Crippen LogP contribution is 1.68. The van der Waals surface area contributed by atoms with Gasteiger partial charge in [-0.3, -0.25) is 0 Å². The number of hydrogen-bond donors (Lipinski definition) is 0. The van der Waals surface area contributed by atoms with Gasteiger partial charge in [0.25, 0.3) is 0 Å². The minimum atomic E-state index is 0.